The van der Waals surface area contributed by atoms with Gasteiger partial charge in [0.1, 0.15) is 0 Å². The molecule has 21 heavy (non-hydrogen) atoms. The molecule has 0 saturated carbocycles. The molecule has 1 N–H and O–H groups in total. The topological polar surface area (TPSA) is 21.3 Å². The van der Waals surface area contributed by atoms with Gasteiger partial charge < -0.3 is 10.1 Å². The number of benzene rings is 1. The quantitative estimate of drug-likeness (QED) is 0.786. The molecule has 0 aliphatic carbocycles. The molecule has 0 aliphatic heterocycles. The van der Waals surface area contributed by atoms with Crippen LogP contribution in [0.25, 0.3) is 0 Å². The van der Waals surface area contributed by atoms with Gasteiger partial charge in [-0.25, -0.2) is 4.39 Å². The Labute approximate surface area is 133 Å². The summed E-state index contributed by atoms with van der Waals surface area (Å²) in [5.74, 6) is -0.0625. The van der Waals surface area contributed by atoms with Crippen LogP contribution in [-0.2, 0) is 6.42 Å². The Kier molecular flexibility index (Phi) is 6.03. The molecule has 0 saturated heterocycles. The minimum Gasteiger partial charge on any atom is -0.494 e. The lowest BCUT2D eigenvalue weighted by Crippen LogP contribution is -2.23. The van der Waals surface area contributed by atoms with Crippen molar-refractivity contribution >= 4 is 22.9 Å². The zero-order chi connectivity index (χ0) is 15.2. The van der Waals surface area contributed by atoms with Crippen molar-refractivity contribution in [3.8, 4) is 5.75 Å². The standard InChI is InChI=1S/C16H19ClFNOS/c1-3-7-19-14(16-12(17)6-8-21-16)10-11-4-5-15(20-2)13(18)9-11/h4-6,8-9,14,19H,3,7,10H2,1-2H3. The van der Waals surface area contributed by atoms with Crippen LogP contribution < -0.4 is 10.1 Å². The van der Waals surface area contributed by atoms with Gasteiger partial charge in [0.05, 0.1) is 12.1 Å². The van der Waals surface area contributed by atoms with Gasteiger partial charge in [0.2, 0.25) is 0 Å². The molecular formula is C16H19ClFNOS. The maximum Gasteiger partial charge on any atom is 0.165 e. The summed E-state index contributed by atoms with van der Waals surface area (Å²) in [6.45, 7) is 3.02. The van der Waals surface area contributed by atoms with Crippen LogP contribution in [0, 0.1) is 5.82 Å². The Bertz CT molecular complexity index is 587. The zero-order valence-corrected chi connectivity index (χ0v) is 13.7. The van der Waals surface area contributed by atoms with E-state index in [2.05, 4.69) is 12.2 Å². The molecular weight excluding hydrogens is 309 g/mol. The van der Waals surface area contributed by atoms with E-state index in [4.69, 9.17) is 16.3 Å². The summed E-state index contributed by atoms with van der Waals surface area (Å²) in [6.07, 6.45) is 1.73. The molecule has 5 heteroatoms. The molecule has 1 aromatic carbocycles. The number of ether oxygens (including phenoxy) is 1. The number of hydrogen-bond donors (Lipinski definition) is 1. The first-order valence-electron chi connectivity index (χ1n) is 6.94. The van der Waals surface area contributed by atoms with Crippen LogP contribution in [0.4, 0.5) is 4.39 Å². The Morgan fingerprint density at radius 3 is 2.76 bits per heavy atom. The van der Waals surface area contributed by atoms with Gasteiger partial charge in [0.15, 0.2) is 11.6 Å². The number of halogens is 2. The molecule has 114 valence electrons. The summed E-state index contributed by atoms with van der Waals surface area (Å²) >= 11 is 7.86. The average Bonchev–Trinajstić information content (AvgIpc) is 2.90. The summed E-state index contributed by atoms with van der Waals surface area (Å²) in [4.78, 5) is 1.10. The molecule has 0 fully saturated rings. The first-order valence-corrected chi connectivity index (χ1v) is 8.20. The fourth-order valence-electron chi connectivity index (χ4n) is 2.20. The molecule has 1 aromatic heterocycles. The highest BCUT2D eigenvalue weighted by Crippen LogP contribution is 2.31. The van der Waals surface area contributed by atoms with E-state index < -0.39 is 0 Å². The van der Waals surface area contributed by atoms with Crippen LogP contribution in [0.1, 0.15) is 29.8 Å². The molecule has 0 radical (unpaired) electrons. The van der Waals surface area contributed by atoms with Crippen molar-refractivity contribution in [2.45, 2.75) is 25.8 Å². The van der Waals surface area contributed by atoms with Crippen molar-refractivity contribution < 1.29 is 9.13 Å². The van der Waals surface area contributed by atoms with Crippen molar-refractivity contribution in [1.82, 2.24) is 5.32 Å². The maximum absolute atomic E-state index is 13.8. The lowest BCUT2D eigenvalue weighted by Gasteiger charge is -2.18. The van der Waals surface area contributed by atoms with Gasteiger partial charge in [-0.1, -0.05) is 24.6 Å². The van der Waals surface area contributed by atoms with Crippen LogP contribution in [-0.4, -0.2) is 13.7 Å². The third-order valence-electron chi connectivity index (χ3n) is 3.26. The Hall–Kier alpha value is -1.10. The lowest BCUT2D eigenvalue weighted by molar-refractivity contribution is 0.386. The van der Waals surface area contributed by atoms with E-state index in [0.29, 0.717) is 6.42 Å². The fraction of sp³-hybridized carbons (Fsp3) is 0.375. The predicted octanol–water partition coefficient (Wildman–Crippen LogP) is 4.83. The smallest absolute Gasteiger partial charge is 0.165 e. The van der Waals surface area contributed by atoms with E-state index in [0.717, 1.165) is 28.4 Å². The largest absolute Gasteiger partial charge is 0.494 e. The van der Waals surface area contributed by atoms with Crippen LogP contribution >= 0.6 is 22.9 Å². The van der Waals surface area contributed by atoms with Crippen molar-refractivity contribution in [2.24, 2.45) is 0 Å². The summed E-state index contributed by atoms with van der Waals surface area (Å²) in [6, 6.07) is 7.09. The number of nitrogens with one attached hydrogen (secondary N) is 1. The molecule has 1 atom stereocenters. The van der Waals surface area contributed by atoms with Gasteiger partial charge in [0, 0.05) is 10.9 Å². The third kappa shape index (κ3) is 4.19. The Balaban J connectivity index is 2.18. The van der Waals surface area contributed by atoms with E-state index in [-0.39, 0.29) is 17.6 Å². The summed E-state index contributed by atoms with van der Waals surface area (Å²) in [7, 11) is 1.47. The lowest BCUT2D eigenvalue weighted by atomic mass is 10.0. The molecule has 0 aliphatic rings. The second-order valence-electron chi connectivity index (χ2n) is 4.81. The van der Waals surface area contributed by atoms with Gasteiger partial charge >= 0.3 is 0 Å². The van der Waals surface area contributed by atoms with Crippen LogP contribution in [0.3, 0.4) is 0 Å². The predicted molar refractivity (Wildman–Crippen MR) is 87.0 cm³/mol. The molecule has 0 bridgehead atoms. The fourth-order valence-corrected chi connectivity index (χ4v) is 3.47. The summed E-state index contributed by atoms with van der Waals surface area (Å²) in [5.41, 5.74) is 0.923. The molecule has 1 unspecified atom stereocenters. The van der Waals surface area contributed by atoms with E-state index >= 15 is 0 Å². The zero-order valence-electron chi connectivity index (χ0n) is 12.2. The van der Waals surface area contributed by atoms with Crippen LogP contribution in [0.5, 0.6) is 5.75 Å². The van der Waals surface area contributed by atoms with E-state index in [1.54, 1.807) is 17.4 Å². The molecule has 0 spiro atoms. The first-order chi connectivity index (χ1) is 10.2. The Morgan fingerprint density at radius 1 is 1.38 bits per heavy atom. The number of thiophene rings is 1. The van der Waals surface area contributed by atoms with Gasteiger partial charge in [-0.3, -0.25) is 0 Å². The molecule has 2 nitrogen and oxygen atoms in total. The van der Waals surface area contributed by atoms with E-state index in [1.807, 2.05) is 17.5 Å². The average molecular weight is 328 g/mol. The number of hydrogen-bond acceptors (Lipinski definition) is 3. The number of methoxy groups -OCH3 is 1. The van der Waals surface area contributed by atoms with E-state index in [1.165, 1.54) is 13.2 Å². The second kappa shape index (κ2) is 7.78. The van der Waals surface area contributed by atoms with E-state index in [9.17, 15) is 4.39 Å². The highest BCUT2D eigenvalue weighted by molar-refractivity contribution is 7.10. The minimum atomic E-state index is -0.332. The van der Waals surface area contributed by atoms with Crippen LogP contribution in [0.2, 0.25) is 5.02 Å². The first kappa shape index (κ1) is 16.3. The second-order valence-corrected chi connectivity index (χ2v) is 6.17. The summed E-state index contributed by atoms with van der Waals surface area (Å²) < 4.78 is 18.8. The molecule has 1 heterocycles. The third-order valence-corrected chi connectivity index (χ3v) is 4.73. The van der Waals surface area contributed by atoms with Crippen molar-refractivity contribution in [1.29, 1.82) is 0 Å². The molecule has 2 aromatic rings. The van der Waals surface area contributed by atoms with Crippen molar-refractivity contribution in [3.63, 3.8) is 0 Å². The molecule has 0 amide bonds. The Morgan fingerprint density at radius 2 is 2.19 bits per heavy atom. The monoisotopic (exact) mass is 327 g/mol. The highest BCUT2D eigenvalue weighted by Gasteiger charge is 2.17. The van der Waals surface area contributed by atoms with Gasteiger partial charge in [0.25, 0.3) is 0 Å². The minimum absolute atomic E-state index is 0.102. The van der Waals surface area contributed by atoms with Gasteiger partial charge in [-0.15, -0.1) is 11.3 Å². The number of rotatable bonds is 7. The van der Waals surface area contributed by atoms with Crippen LogP contribution in [0.15, 0.2) is 29.6 Å². The SMILES string of the molecule is CCCNC(Cc1ccc(OC)c(F)c1)c1sccc1Cl. The molecule has 2 rings (SSSR count). The van der Waals surface area contributed by atoms with Crippen molar-refractivity contribution in [2.75, 3.05) is 13.7 Å². The highest BCUT2D eigenvalue weighted by atomic mass is 35.5. The van der Waals surface area contributed by atoms with Gasteiger partial charge in [-0.2, -0.15) is 0 Å². The normalized spacial score (nSPS) is 12.4. The summed E-state index contributed by atoms with van der Waals surface area (Å²) in [5, 5.41) is 6.23. The van der Waals surface area contributed by atoms with Crippen molar-refractivity contribution in [3.05, 3.63) is 50.9 Å². The van der Waals surface area contributed by atoms with Gasteiger partial charge in [-0.05, 0) is 48.5 Å². The maximum atomic E-state index is 13.8.